The molecule has 0 saturated heterocycles. The quantitative estimate of drug-likeness (QED) is 0.704. The van der Waals surface area contributed by atoms with Crippen molar-refractivity contribution in [1.82, 2.24) is 15.3 Å². The van der Waals surface area contributed by atoms with Crippen LogP contribution in [0.1, 0.15) is 11.3 Å². The number of aromatic amines is 1. The molecule has 0 saturated carbocycles. The second-order valence-corrected chi connectivity index (χ2v) is 3.35. The highest BCUT2D eigenvalue weighted by molar-refractivity contribution is 5.25. The predicted molar refractivity (Wildman–Crippen MR) is 57.2 cm³/mol. The van der Waals surface area contributed by atoms with Crippen LogP contribution in [0.4, 0.5) is 0 Å². The van der Waals surface area contributed by atoms with Gasteiger partial charge >= 0.3 is 0 Å². The summed E-state index contributed by atoms with van der Waals surface area (Å²) in [5.74, 6) is 0.298. The van der Waals surface area contributed by atoms with Crippen LogP contribution in [0.15, 0.2) is 36.8 Å². The van der Waals surface area contributed by atoms with E-state index in [2.05, 4.69) is 15.3 Å². The highest BCUT2D eigenvalue weighted by atomic mass is 16.3. The number of phenols is 1. The van der Waals surface area contributed by atoms with E-state index in [1.807, 2.05) is 12.1 Å². The molecule has 0 spiro atoms. The van der Waals surface area contributed by atoms with Crippen molar-refractivity contribution in [3.63, 3.8) is 0 Å². The molecule has 78 valence electrons. The number of phenolic OH excluding ortho intramolecular Hbond substituents is 1. The van der Waals surface area contributed by atoms with Gasteiger partial charge in [-0.15, -0.1) is 0 Å². The van der Waals surface area contributed by atoms with E-state index < -0.39 is 0 Å². The number of imidazole rings is 1. The lowest BCUT2D eigenvalue weighted by Gasteiger charge is -2.03. The van der Waals surface area contributed by atoms with Crippen LogP contribution in [-0.4, -0.2) is 15.1 Å². The standard InChI is InChI=1S/C11H13N3O/c15-11-3-1-9(2-4-11)5-12-6-10-7-13-8-14-10/h1-4,7-8,12,15H,5-6H2,(H,13,14). The van der Waals surface area contributed by atoms with Crippen molar-refractivity contribution >= 4 is 0 Å². The van der Waals surface area contributed by atoms with Gasteiger partial charge < -0.3 is 15.4 Å². The molecule has 0 fully saturated rings. The van der Waals surface area contributed by atoms with E-state index in [1.165, 1.54) is 0 Å². The van der Waals surface area contributed by atoms with Crippen LogP contribution in [0.5, 0.6) is 5.75 Å². The van der Waals surface area contributed by atoms with Crippen molar-refractivity contribution in [3.8, 4) is 5.75 Å². The summed E-state index contributed by atoms with van der Waals surface area (Å²) in [4.78, 5) is 6.95. The van der Waals surface area contributed by atoms with E-state index in [1.54, 1.807) is 24.7 Å². The van der Waals surface area contributed by atoms with Crippen LogP contribution in [0.2, 0.25) is 0 Å². The van der Waals surface area contributed by atoms with Gasteiger partial charge in [0, 0.05) is 25.0 Å². The van der Waals surface area contributed by atoms with Gasteiger partial charge in [-0.3, -0.25) is 0 Å². The fourth-order valence-corrected chi connectivity index (χ4v) is 1.34. The largest absolute Gasteiger partial charge is 0.508 e. The number of nitrogens with zero attached hydrogens (tertiary/aromatic N) is 1. The van der Waals surface area contributed by atoms with Gasteiger partial charge in [-0.2, -0.15) is 0 Å². The fourth-order valence-electron chi connectivity index (χ4n) is 1.34. The first-order valence-corrected chi connectivity index (χ1v) is 4.80. The number of aromatic hydroxyl groups is 1. The highest BCUT2D eigenvalue weighted by Crippen LogP contribution is 2.09. The summed E-state index contributed by atoms with van der Waals surface area (Å²) in [6.07, 6.45) is 3.46. The Kier molecular flexibility index (Phi) is 2.99. The summed E-state index contributed by atoms with van der Waals surface area (Å²) in [6, 6.07) is 7.17. The van der Waals surface area contributed by atoms with Crippen LogP contribution in [0.25, 0.3) is 0 Å². The maximum Gasteiger partial charge on any atom is 0.115 e. The number of hydrogen-bond donors (Lipinski definition) is 3. The zero-order chi connectivity index (χ0) is 10.5. The first kappa shape index (κ1) is 9.73. The Balaban J connectivity index is 1.81. The molecule has 4 heteroatoms. The minimum Gasteiger partial charge on any atom is -0.508 e. The van der Waals surface area contributed by atoms with E-state index in [0.29, 0.717) is 5.75 Å². The van der Waals surface area contributed by atoms with Crippen LogP contribution >= 0.6 is 0 Å². The predicted octanol–water partition coefficient (Wildman–Crippen LogP) is 1.41. The maximum atomic E-state index is 9.10. The molecular formula is C11H13N3O. The molecule has 3 N–H and O–H groups in total. The maximum absolute atomic E-state index is 9.10. The van der Waals surface area contributed by atoms with Crippen molar-refractivity contribution in [2.24, 2.45) is 0 Å². The van der Waals surface area contributed by atoms with Crippen molar-refractivity contribution in [2.75, 3.05) is 0 Å². The van der Waals surface area contributed by atoms with Crippen LogP contribution < -0.4 is 5.32 Å². The second kappa shape index (κ2) is 4.61. The van der Waals surface area contributed by atoms with Gasteiger partial charge in [0.2, 0.25) is 0 Å². The molecule has 2 rings (SSSR count). The van der Waals surface area contributed by atoms with Crippen molar-refractivity contribution in [2.45, 2.75) is 13.1 Å². The normalized spacial score (nSPS) is 10.4. The lowest BCUT2D eigenvalue weighted by Crippen LogP contribution is -2.12. The Bertz CT molecular complexity index is 394. The van der Waals surface area contributed by atoms with E-state index >= 15 is 0 Å². The smallest absolute Gasteiger partial charge is 0.115 e. The van der Waals surface area contributed by atoms with Crippen molar-refractivity contribution in [1.29, 1.82) is 0 Å². The molecule has 0 aliphatic carbocycles. The van der Waals surface area contributed by atoms with E-state index in [0.717, 1.165) is 24.3 Å². The molecule has 15 heavy (non-hydrogen) atoms. The monoisotopic (exact) mass is 203 g/mol. The molecule has 2 aromatic rings. The second-order valence-electron chi connectivity index (χ2n) is 3.35. The van der Waals surface area contributed by atoms with Gasteiger partial charge in [0.25, 0.3) is 0 Å². The van der Waals surface area contributed by atoms with Gasteiger partial charge in [-0.25, -0.2) is 4.98 Å². The number of benzene rings is 1. The van der Waals surface area contributed by atoms with Gasteiger partial charge in [-0.05, 0) is 17.7 Å². The Hall–Kier alpha value is -1.81. The zero-order valence-corrected chi connectivity index (χ0v) is 8.27. The average molecular weight is 203 g/mol. The summed E-state index contributed by atoms with van der Waals surface area (Å²) in [7, 11) is 0. The number of rotatable bonds is 4. The van der Waals surface area contributed by atoms with Gasteiger partial charge in [0.05, 0.1) is 6.33 Å². The van der Waals surface area contributed by atoms with Gasteiger partial charge in [0.15, 0.2) is 0 Å². The molecule has 1 aromatic carbocycles. The first-order valence-electron chi connectivity index (χ1n) is 4.80. The Morgan fingerprint density at radius 2 is 2.00 bits per heavy atom. The highest BCUT2D eigenvalue weighted by Gasteiger charge is 1.95. The fraction of sp³-hybridized carbons (Fsp3) is 0.182. The molecular weight excluding hydrogens is 190 g/mol. The summed E-state index contributed by atoms with van der Waals surface area (Å²) < 4.78 is 0. The molecule has 0 atom stereocenters. The molecule has 1 heterocycles. The third kappa shape index (κ3) is 2.82. The van der Waals surface area contributed by atoms with E-state index in [4.69, 9.17) is 5.11 Å². The van der Waals surface area contributed by atoms with Crippen LogP contribution in [0.3, 0.4) is 0 Å². The molecule has 1 aromatic heterocycles. The molecule has 0 bridgehead atoms. The number of hydrogen-bond acceptors (Lipinski definition) is 3. The minimum atomic E-state index is 0.298. The molecule has 4 nitrogen and oxygen atoms in total. The van der Waals surface area contributed by atoms with Crippen LogP contribution in [0, 0.1) is 0 Å². The van der Waals surface area contributed by atoms with Gasteiger partial charge in [-0.1, -0.05) is 12.1 Å². The number of nitrogens with one attached hydrogen (secondary N) is 2. The third-order valence-electron chi connectivity index (χ3n) is 2.14. The number of aromatic nitrogens is 2. The zero-order valence-electron chi connectivity index (χ0n) is 8.27. The van der Waals surface area contributed by atoms with E-state index in [-0.39, 0.29) is 0 Å². The van der Waals surface area contributed by atoms with Crippen molar-refractivity contribution < 1.29 is 5.11 Å². The summed E-state index contributed by atoms with van der Waals surface area (Å²) in [5, 5.41) is 12.4. The topological polar surface area (TPSA) is 60.9 Å². The third-order valence-corrected chi connectivity index (χ3v) is 2.14. The molecule has 0 unspecified atom stereocenters. The minimum absolute atomic E-state index is 0.298. The summed E-state index contributed by atoms with van der Waals surface area (Å²) in [6.45, 7) is 1.54. The Morgan fingerprint density at radius 1 is 1.20 bits per heavy atom. The molecule has 0 radical (unpaired) electrons. The van der Waals surface area contributed by atoms with Crippen molar-refractivity contribution in [3.05, 3.63) is 48.0 Å². The lowest BCUT2D eigenvalue weighted by molar-refractivity contribution is 0.475. The SMILES string of the molecule is Oc1ccc(CNCc2cnc[nH]2)cc1. The number of H-pyrrole nitrogens is 1. The summed E-state index contributed by atoms with van der Waals surface area (Å²) in [5.41, 5.74) is 2.21. The molecule has 0 aliphatic heterocycles. The first-order chi connectivity index (χ1) is 7.34. The molecule has 0 aliphatic rings. The Morgan fingerprint density at radius 3 is 2.67 bits per heavy atom. The lowest BCUT2D eigenvalue weighted by atomic mass is 10.2. The average Bonchev–Trinajstić information content (AvgIpc) is 2.74. The summed E-state index contributed by atoms with van der Waals surface area (Å²) >= 11 is 0. The van der Waals surface area contributed by atoms with Gasteiger partial charge in [0.1, 0.15) is 5.75 Å². The molecule has 0 amide bonds. The van der Waals surface area contributed by atoms with E-state index in [9.17, 15) is 0 Å². The Labute approximate surface area is 88.0 Å². The van der Waals surface area contributed by atoms with Crippen LogP contribution in [-0.2, 0) is 13.1 Å².